The topological polar surface area (TPSA) is 103 Å². The first kappa shape index (κ1) is 24.5. The number of benzene rings is 1. The molecule has 2 heterocycles. The van der Waals surface area contributed by atoms with E-state index in [1.807, 2.05) is 13.8 Å². The van der Waals surface area contributed by atoms with Gasteiger partial charge in [0.25, 0.3) is 5.89 Å². The quantitative estimate of drug-likeness (QED) is 0.558. The number of halogens is 4. The van der Waals surface area contributed by atoms with Crippen molar-refractivity contribution in [2.24, 2.45) is 5.92 Å². The molecular weight excluding hydrogens is 475 g/mol. The van der Waals surface area contributed by atoms with E-state index >= 15 is 0 Å². The van der Waals surface area contributed by atoms with Gasteiger partial charge in [-0.05, 0) is 31.0 Å². The van der Waals surface area contributed by atoms with E-state index in [0.717, 1.165) is 16.4 Å². The minimum atomic E-state index is -4.78. The highest BCUT2D eigenvalue weighted by atomic mass is 35.5. The second-order valence-corrected chi connectivity index (χ2v) is 9.97. The van der Waals surface area contributed by atoms with Crippen molar-refractivity contribution in [2.75, 3.05) is 13.1 Å². The monoisotopic (exact) mass is 495 g/mol. The van der Waals surface area contributed by atoms with Gasteiger partial charge in [0, 0.05) is 19.0 Å². The van der Waals surface area contributed by atoms with Gasteiger partial charge < -0.3 is 9.26 Å². The van der Waals surface area contributed by atoms with E-state index in [4.69, 9.17) is 20.9 Å². The molecule has 1 fully saturated rings. The van der Waals surface area contributed by atoms with Gasteiger partial charge in [-0.1, -0.05) is 30.6 Å². The molecule has 3 rings (SSSR count). The summed E-state index contributed by atoms with van der Waals surface area (Å²) in [6.07, 6.45) is -4.45. The Bertz CT molecular complexity index is 1080. The lowest BCUT2D eigenvalue weighted by atomic mass is 9.98. The van der Waals surface area contributed by atoms with Crippen LogP contribution in [0.2, 0.25) is 5.02 Å². The number of hydrogen-bond acceptors (Lipinski definition) is 7. The molecule has 0 N–H and O–H groups in total. The maximum absolute atomic E-state index is 13.1. The van der Waals surface area contributed by atoms with Gasteiger partial charge in [0.15, 0.2) is 12.4 Å². The average molecular weight is 496 g/mol. The fraction of sp³-hybridized carbons (Fsp3) is 0.526. The predicted octanol–water partition coefficient (Wildman–Crippen LogP) is 4.01. The lowest BCUT2D eigenvalue weighted by Crippen LogP contribution is -2.40. The first-order valence-corrected chi connectivity index (χ1v) is 11.6. The van der Waals surface area contributed by atoms with Crippen molar-refractivity contribution < 1.29 is 35.6 Å². The summed E-state index contributed by atoms with van der Waals surface area (Å²) in [5, 5.41) is 3.19. The number of piperidine rings is 1. The van der Waals surface area contributed by atoms with E-state index < -0.39 is 43.6 Å². The normalized spacial score (nSPS) is 16.5. The van der Waals surface area contributed by atoms with E-state index in [2.05, 4.69) is 10.1 Å². The summed E-state index contributed by atoms with van der Waals surface area (Å²) >= 11 is 5.57. The number of hydrogen-bond donors (Lipinski definition) is 0. The highest BCUT2D eigenvalue weighted by Gasteiger charge is 2.37. The van der Waals surface area contributed by atoms with Crippen LogP contribution < -0.4 is 0 Å². The highest BCUT2D eigenvalue weighted by Crippen LogP contribution is 2.36. The summed E-state index contributed by atoms with van der Waals surface area (Å²) in [5.41, 5.74) is -1.22. The van der Waals surface area contributed by atoms with Crippen LogP contribution in [0.5, 0.6) is 0 Å². The Kier molecular flexibility index (Phi) is 7.15. The molecule has 0 atom stereocenters. The van der Waals surface area contributed by atoms with Crippen LogP contribution in [0.1, 0.15) is 49.9 Å². The molecule has 0 saturated carbocycles. The Hall–Kier alpha value is -2.18. The largest absolute Gasteiger partial charge is 0.455 e. The van der Waals surface area contributed by atoms with Crippen molar-refractivity contribution in [1.29, 1.82) is 0 Å². The van der Waals surface area contributed by atoms with Crippen LogP contribution in [-0.4, -0.2) is 41.9 Å². The van der Waals surface area contributed by atoms with E-state index in [-0.39, 0.29) is 44.3 Å². The van der Waals surface area contributed by atoms with Crippen LogP contribution in [0.3, 0.4) is 0 Å². The number of aromatic nitrogens is 2. The molecule has 1 aliphatic rings. The summed E-state index contributed by atoms with van der Waals surface area (Å²) in [4.78, 5) is 15.9. The van der Waals surface area contributed by atoms with Gasteiger partial charge in [-0.25, -0.2) is 8.42 Å². The molecule has 0 bridgehead atoms. The standard InChI is InChI=1S/C19H21ClF3N3O5S/c1-11(2)17-24-16(31-25-17)10-30-18(27)12-5-7-26(8-6-12)32(28,29)13-3-4-15(20)14(9-13)19(21,22)23/h3-4,9,11-12H,5-8,10H2,1-2H3. The number of esters is 1. The Labute approximate surface area is 187 Å². The average Bonchev–Trinajstić information content (AvgIpc) is 3.21. The SMILES string of the molecule is CC(C)c1noc(COC(=O)C2CCN(S(=O)(=O)c3ccc(Cl)c(C(F)(F)F)c3)CC2)n1. The number of carbonyl (C=O) groups excluding carboxylic acids is 1. The zero-order valence-corrected chi connectivity index (χ0v) is 18.8. The third kappa shape index (κ3) is 5.41. The summed E-state index contributed by atoms with van der Waals surface area (Å²) in [5.74, 6) is -0.375. The highest BCUT2D eigenvalue weighted by molar-refractivity contribution is 7.89. The van der Waals surface area contributed by atoms with E-state index in [9.17, 15) is 26.4 Å². The zero-order chi connectivity index (χ0) is 23.7. The fourth-order valence-corrected chi connectivity index (χ4v) is 4.90. The lowest BCUT2D eigenvalue weighted by Gasteiger charge is -2.30. The smallest absolute Gasteiger partial charge is 0.417 e. The number of rotatable bonds is 6. The molecule has 32 heavy (non-hydrogen) atoms. The second-order valence-electron chi connectivity index (χ2n) is 7.63. The Morgan fingerprint density at radius 3 is 2.53 bits per heavy atom. The third-order valence-electron chi connectivity index (χ3n) is 5.01. The maximum Gasteiger partial charge on any atom is 0.417 e. The molecule has 1 aromatic carbocycles. The summed E-state index contributed by atoms with van der Waals surface area (Å²) in [7, 11) is -4.18. The van der Waals surface area contributed by atoms with Crippen LogP contribution in [0, 0.1) is 5.92 Å². The van der Waals surface area contributed by atoms with Crippen LogP contribution in [-0.2, 0) is 32.3 Å². The lowest BCUT2D eigenvalue weighted by molar-refractivity contribution is -0.152. The van der Waals surface area contributed by atoms with Crippen molar-refractivity contribution in [3.63, 3.8) is 0 Å². The molecule has 0 spiro atoms. The molecule has 0 radical (unpaired) electrons. The molecule has 2 aromatic rings. The number of alkyl halides is 3. The number of ether oxygens (including phenoxy) is 1. The summed E-state index contributed by atoms with van der Waals surface area (Å²) in [6.45, 7) is 3.50. The van der Waals surface area contributed by atoms with Gasteiger partial charge in [0.2, 0.25) is 10.0 Å². The predicted molar refractivity (Wildman–Crippen MR) is 106 cm³/mol. The van der Waals surface area contributed by atoms with Crippen molar-refractivity contribution >= 4 is 27.6 Å². The molecular formula is C19H21ClF3N3O5S. The first-order valence-electron chi connectivity index (χ1n) is 9.75. The van der Waals surface area contributed by atoms with Crippen LogP contribution in [0.4, 0.5) is 13.2 Å². The maximum atomic E-state index is 13.1. The van der Waals surface area contributed by atoms with Crippen LogP contribution in [0.15, 0.2) is 27.6 Å². The van der Waals surface area contributed by atoms with Crippen LogP contribution >= 0.6 is 11.6 Å². The summed E-state index contributed by atoms with van der Waals surface area (Å²) < 4.78 is 76.1. The fourth-order valence-electron chi connectivity index (χ4n) is 3.17. The van der Waals surface area contributed by atoms with Crippen molar-refractivity contribution in [3.05, 3.63) is 40.5 Å². The minimum Gasteiger partial charge on any atom is -0.455 e. The molecule has 176 valence electrons. The van der Waals surface area contributed by atoms with Crippen LogP contribution in [0.25, 0.3) is 0 Å². The second kappa shape index (κ2) is 9.36. The zero-order valence-electron chi connectivity index (χ0n) is 17.2. The first-order chi connectivity index (χ1) is 14.9. The molecule has 0 unspecified atom stereocenters. The van der Waals surface area contributed by atoms with E-state index in [1.165, 1.54) is 0 Å². The molecule has 8 nitrogen and oxygen atoms in total. The molecule has 1 aromatic heterocycles. The van der Waals surface area contributed by atoms with Gasteiger partial charge >= 0.3 is 12.1 Å². The molecule has 0 amide bonds. The molecule has 1 saturated heterocycles. The van der Waals surface area contributed by atoms with E-state index in [1.54, 1.807) is 0 Å². The number of nitrogens with zero attached hydrogens (tertiary/aromatic N) is 3. The number of carbonyl (C=O) groups is 1. The number of sulfonamides is 1. The van der Waals surface area contributed by atoms with Gasteiger partial charge in [0.05, 0.1) is 21.4 Å². The van der Waals surface area contributed by atoms with Gasteiger partial charge in [-0.15, -0.1) is 0 Å². The van der Waals surface area contributed by atoms with Crippen molar-refractivity contribution in [1.82, 2.24) is 14.4 Å². The van der Waals surface area contributed by atoms with E-state index in [0.29, 0.717) is 11.9 Å². The van der Waals surface area contributed by atoms with Gasteiger partial charge in [-0.3, -0.25) is 4.79 Å². The summed E-state index contributed by atoms with van der Waals surface area (Å²) in [6, 6.07) is 2.46. The Balaban J connectivity index is 1.60. The van der Waals surface area contributed by atoms with Crippen molar-refractivity contribution in [3.8, 4) is 0 Å². The Morgan fingerprint density at radius 1 is 1.31 bits per heavy atom. The molecule has 1 aliphatic heterocycles. The van der Waals surface area contributed by atoms with Gasteiger partial charge in [-0.2, -0.15) is 22.5 Å². The minimum absolute atomic E-state index is 0.0376. The van der Waals surface area contributed by atoms with Crippen molar-refractivity contribution in [2.45, 2.75) is 50.3 Å². The molecule has 13 heteroatoms. The Morgan fingerprint density at radius 2 is 1.97 bits per heavy atom. The third-order valence-corrected chi connectivity index (χ3v) is 7.23. The molecule has 0 aliphatic carbocycles. The van der Waals surface area contributed by atoms with Gasteiger partial charge in [0.1, 0.15) is 0 Å².